The first kappa shape index (κ1) is 23.4. The van der Waals surface area contributed by atoms with Gasteiger partial charge in [-0.3, -0.25) is 14.4 Å². The Kier molecular flexibility index (Phi) is 8.40. The molecule has 1 aromatic rings. The van der Waals surface area contributed by atoms with Crippen LogP contribution < -0.4 is 0 Å². The normalized spacial score (nSPS) is 11.7. The molecule has 0 aromatic carbocycles. The van der Waals surface area contributed by atoms with E-state index >= 15 is 0 Å². The highest BCUT2D eigenvalue weighted by molar-refractivity contribution is 6.06. The van der Waals surface area contributed by atoms with Gasteiger partial charge in [-0.1, -0.05) is 0 Å². The van der Waals surface area contributed by atoms with Gasteiger partial charge in [-0.05, 0) is 40.2 Å². The second-order valence-electron chi connectivity index (χ2n) is 6.56. The van der Waals surface area contributed by atoms with Crippen LogP contribution in [0.15, 0.2) is 0 Å². The molecule has 1 heterocycles. The standard InChI is InChI=1S/C20H30N2O6/c1-8-27-16(24)11-10-15(23)21(6)14(5)19(25)17-12(3)18(20(26)28-9-2)22(7)13(17)4/h14H,8-11H2,1-7H3/t14-/m1/s1. The number of esters is 2. The van der Waals surface area contributed by atoms with E-state index in [1.165, 1.54) is 11.9 Å². The lowest BCUT2D eigenvalue weighted by Crippen LogP contribution is -2.40. The van der Waals surface area contributed by atoms with Gasteiger partial charge in [0, 0.05) is 31.8 Å². The van der Waals surface area contributed by atoms with Crippen molar-refractivity contribution < 1.29 is 28.7 Å². The summed E-state index contributed by atoms with van der Waals surface area (Å²) in [6, 6.07) is -0.746. The largest absolute Gasteiger partial charge is 0.466 e. The second kappa shape index (κ2) is 10.1. The first-order chi connectivity index (χ1) is 13.1. The maximum atomic E-state index is 13.1. The Hall–Kier alpha value is -2.64. The molecule has 0 fully saturated rings. The van der Waals surface area contributed by atoms with Crippen LogP contribution in [0.4, 0.5) is 0 Å². The van der Waals surface area contributed by atoms with Gasteiger partial charge in [0.15, 0.2) is 5.78 Å². The van der Waals surface area contributed by atoms with Crippen LogP contribution in [0, 0.1) is 13.8 Å². The third-order valence-corrected chi connectivity index (χ3v) is 4.85. The molecule has 0 saturated carbocycles. The predicted molar refractivity (Wildman–Crippen MR) is 103 cm³/mol. The molecule has 0 aliphatic carbocycles. The number of nitrogens with zero attached hydrogens (tertiary/aromatic N) is 2. The third-order valence-electron chi connectivity index (χ3n) is 4.85. The van der Waals surface area contributed by atoms with Crippen molar-refractivity contribution in [2.75, 3.05) is 20.3 Å². The molecular formula is C20H30N2O6. The number of carbonyl (C=O) groups is 4. The molecule has 0 spiro atoms. The summed E-state index contributed by atoms with van der Waals surface area (Å²) in [4.78, 5) is 50.4. The molecule has 1 atom stereocenters. The molecule has 0 unspecified atom stereocenters. The topological polar surface area (TPSA) is 94.9 Å². The van der Waals surface area contributed by atoms with Gasteiger partial charge in [-0.15, -0.1) is 0 Å². The van der Waals surface area contributed by atoms with E-state index in [0.717, 1.165) is 0 Å². The van der Waals surface area contributed by atoms with E-state index < -0.39 is 18.0 Å². The summed E-state index contributed by atoms with van der Waals surface area (Å²) < 4.78 is 11.5. The molecule has 0 N–H and O–H groups in total. The number of amides is 1. The lowest BCUT2D eigenvalue weighted by molar-refractivity contribution is -0.145. The fourth-order valence-corrected chi connectivity index (χ4v) is 3.05. The van der Waals surface area contributed by atoms with Crippen LogP contribution in [-0.2, 0) is 26.1 Å². The van der Waals surface area contributed by atoms with Crippen LogP contribution in [0.3, 0.4) is 0 Å². The molecule has 0 radical (unpaired) electrons. The van der Waals surface area contributed by atoms with Crippen LogP contribution >= 0.6 is 0 Å². The zero-order valence-electron chi connectivity index (χ0n) is 17.7. The highest BCUT2D eigenvalue weighted by Crippen LogP contribution is 2.24. The van der Waals surface area contributed by atoms with Crippen LogP contribution in [-0.4, -0.2) is 59.4 Å². The van der Waals surface area contributed by atoms with E-state index in [4.69, 9.17) is 9.47 Å². The van der Waals surface area contributed by atoms with Crippen molar-refractivity contribution in [3.8, 4) is 0 Å². The number of rotatable bonds is 9. The summed E-state index contributed by atoms with van der Waals surface area (Å²) in [6.07, 6.45) is -0.0674. The number of likely N-dealkylation sites (N-methyl/N-ethyl adjacent to an activating group) is 1. The van der Waals surface area contributed by atoms with Crippen molar-refractivity contribution in [2.24, 2.45) is 7.05 Å². The number of Topliss-reactive ketones (excluding diaryl/α,β-unsaturated/α-hetero) is 1. The fraction of sp³-hybridized carbons (Fsp3) is 0.600. The molecule has 1 rings (SSSR count). The van der Waals surface area contributed by atoms with Crippen molar-refractivity contribution in [2.45, 2.75) is 53.5 Å². The first-order valence-electron chi connectivity index (χ1n) is 9.36. The average Bonchev–Trinajstić information content (AvgIpc) is 2.87. The summed E-state index contributed by atoms with van der Waals surface area (Å²) in [5.74, 6) is -1.54. The van der Waals surface area contributed by atoms with Gasteiger partial charge in [0.25, 0.3) is 0 Å². The van der Waals surface area contributed by atoms with Crippen LogP contribution in [0.25, 0.3) is 0 Å². The minimum Gasteiger partial charge on any atom is -0.466 e. The molecule has 1 aromatic heterocycles. The Labute approximate surface area is 165 Å². The molecule has 8 nitrogen and oxygen atoms in total. The molecule has 0 bridgehead atoms. The quantitative estimate of drug-likeness (QED) is 0.471. The molecular weight excluding hydrogens is 364 g/mol. The molecule has 0 aliphatic rings. The zero-order valence-corrected chi connectivity index (χ0v) is 17.7. The molecule has 8 heteroatoms. The second-order valence-corrected chi connectivity index (χ2v) is 6.56. The number of aromatic nitrogens is 1. The SMILES string of the molecule is CCOC(=O)CCC(=O)N(C)[C@H](C)C(=O)c1c(C)c(C(=O)OCC)n(C)c1C. The smallest absolute Gasteiger partial charge is 0.355 e. The van der Waals surface area contributed by atoms with Gasteiger partial charge in [-0.2, -0.15) is 0 Å². The average molecular weight is 394 g/mol. The van der Waals surface area contributed by atoms with Crippen molar-refractivity contribution >= 4 is 23.6 Å². The van der Waals surface area contributed by atoms with Gasteiger partial charge in [0.1, 0.15) is 5.69 Å². The molecule has 0 aliphatic heterocycles. The van der Waals surface area contributed by atoms with Crippen LogP contribution in [0.2, 0.25) is 0 Å². The summed E-state index contributed by atoms with van der Waals surface area (Å²) in [5.41, 5.74) is 1.89. The van der Waals surface area contributed by atoms with Crippen LogP contribution in [0.5, 0.6) is 0 Å². The number of hydrogen-bond donors (Lipinski definition) is 0. The Morgan fingerprint density at radius 3 is 2.14 bits per heavy atom. The Balaban J connectivity index is 3.02. The summed E-state index contributed by atoms with van der Waals surface area (Å²) in [6.45, 7) is 8.98. The van der Waals surface area contributed by atoms with E-state index in [1.807, 2.05) is 0 Å². The summed E-state index contributed by atoms with van der Waals surface area (Å²) in [7, 11) is 3.22. The fourth-order valence-electron chi connectivity index (χ4n) is 3.05. The third kappa shape index (κ3) is 4.99. The molecule has 1 amide bonds. The number of hydrogen-bond acceptors (Lipinski definition) is 6. The van der Waals surface area contributed by atoms with Crippen molar-refractivity contribution in [1.29, 1.82) is 0 Å². The minimum atomic E-state index is -0.746. The molecule has 28 heavy (non-hydrogen) atoms. The van der Waals surface area contributed by atoms with Crippen molar-refractivity contribution in [1.82, 2.24) is 9.47 Å². The number of ether oxygens (including phenoxy) is 2. The van der Waals surface area contributed by atoms with Gasteiger partial charge in [0.2, 0.25) is 5.91 Å². The minimum absolute atomic E-state index is 0.0334. The zero-order chi connectivity index (χ0) is 21.6. The summed E-state index contributed by atoms with van der Waals surface area (Å²) >= 11 is 0. The van der Waals surface area contributed by atoms with Gasteiger partial charge in [-0.25, -0.2) is 4.79 Å². The number of ketones is 1. The van der Waals surface area contributed by atoms with Gasteiger partial charge < -0.3 is 18.9 Å². The predicted octanol–water partition coefficient (Wildman–Crippen LogP) is 2.19. The van der Waals surface area contributed by atoms with E-state index in [2.05, 4.69) is 0 Å². The lowest BCUT2D eigenvalue weighted by atomic mass is 10.00. The first-order valence-corrected chi connectivity index (χ1v) is 9.36. The maximum Gasteiger partial charge on any atom is 0.355 e. The van der Waals surface area contributed by atoms with Gasteiger partial charge >= 0.3 is 11.9 Å². The van der Waals surface area contributed by atoms with Crippen molar-refractivity contribution in [3.05, 3.63) is 22.5 Å². The Morgan fingerprint density at radius 1 is 1.04 bits per heavy atom. The highest BCUT2D eigenvalue weighted by Gasteiger charge is 2.31. The van der Waals surface area contributed by atoms with E-state index in [9.17, 15) is 19.2 Å². The van der Waals surface area contributed by atoms with Gasteiger partial charge in [0.05, 0.1) is 25.7 Å². The number of carbonyl (C=O) groups excluding carboxylic acids is 4. The molecule has 156 valence electrons. The van der Waals surface area contributed by atoms with E-state index in [-0.39, 0.29) is 37.7 Å². The maximum absolute atomic E-state index is 13.1. The van der Waals surface area contributed by atoms with Crippen LogP contribution in [0.1, 0.15) is 65.7 Å². The Bertz CT molecular complexity index is 765. The van der Waals surface area contributed by atoms with Crippen molar-refractivity contribution in [3.63, 3.8) is 0 Å². The lowest BCUT2D eigenvalue weighted by Gasteiger charge is -2.24. The highest BCUT2D eigenvalue weighted by atomic mass is 16.5. The molecule has 0 saturated heterocycles. The Morgan fingerprint density at radius 2 is 1.61 bits per heavy atom. The monoisotopic (exact) mass is 394 g/mol. The van der Waals surface area contributed by atoms with E-state index in [1.54, 1.807) is 46.2 Å². The van der Waals surface area contributed by atoms with E-state index in [0.29, 0.717) is 22.5 Å². The summed E-state index contributed by atoms with van der Waals surface area (Å²) in [5, 5.41) is 0.